The van der Waals surface area contributed by atoms with Gasteiger partial charge < -0.3 is 14.4 Å². The number of methoxy groups -OCH3 is 2. The molecule has 7 heteroatoms. The van der Waals surface area contributed by atoms with Crippen LogP contribution in [0.1, 0.15) is 5.56 Å². The predicted octanol–water partition coefficient (Wildman–Crippen LogP) is 4.01. The number of hydrogen-bond acceptors (Lipinski definition) is 6. The van der Waals surface area contributed by atoms with Crippen LogP contribution >= 0.6 is 11.8 Å². The summed E-state index contributed by atoms with van der Waals surface area (Å²) in [6.45, 7) is 0.896. The summed E-state index contributed by atoms with van der Waals surface area (Å²) in [5.74, 6) is 0.707. The molecule has 1 aliphatic heterocycles. The van der Waals surface area contributed by atoms with E-state index in [1.807, 2.05) is 73.6 Å². The van der Waals surface area contributed by atoms with E-state index in [9.17, 15) is 4.79 Å². The lowest BCUT2D eigenvalue weighted by molar-refractivity contribution is -0.122. The fraction of sp³-hybridized carbons (Fsp3) is 0.273. The van der Waals surface area contributed by atoms with Crippen LogP contribution in [-0.2, 0) is 9.53 Å². The molecule has 2 aromatic carbocycles. The number of hydrogen-bond donors (Lipinski definition) is 0. The molecule has 0 unspecified atom stereocenters. The highest BCUT2D eigenvalue weighted by atomic mass is 32.2. The maximum Gasteiger partial charge on any atom is 0.266 e. The Morgan fingerprint density at radius 1 is 1.07 bits per heavy atom. The van der Waals surface area contributed by atoms with E-state index in [-0.39, 0.29) is 5.91 Å². The first kappa shape index (κ1) is 21.0. The number of carbonyl (C=O) groups excluding carboxylic acids is 1. The number of aliphatic imine (C=N–C) groups is 1. The standard InChI is InChI=1S/C22H25N3O3S/c1-24(2)18-9-5-16(6-10-18)15-20-21(26)25(13-14-27-3)22(29-20)23-17-7-11-19(28-4)12-8-17/h5-12,15H,13-14H2,1-4H3/b20-15-,23-22?. The molecule has 1 amide bonds. The van der Waals surface area contributed by atoms with Gasteiger partial charge in [0.1, 0.15) is 5.75 Å². The Bertz CT molecular complexity index is 906. The molecule has 0 aromatic heterocycles. The number of benzene rings is 2. The van der Waals surface area contributed by atoms with E-state index >= 15 is 0 Å². The largest absolute Gasteiger partial charge is 0.497 e. The smallest absolute Gasteiger partial charge is 0.266 e. The molecule has 1 fully saturated rings. The summed E-state index contributed by atoms with van der Waals surface area (Å²) < 4.78 is 10.4. The van der Waals surface area contributed by atoms with Gasteiger partial charge in [0.15, 0.2) is 5.17 Å². The molecule has 0 atom stereocenters. The van der Waals surface area contributed by atoms with Crippen molar-refractivity contribution in [2.24, 2.45) is 4.99 Å². The normalized spacial score (nSPS) is 16.7. The summed E-state index contributed by atoms with van der Waals surface area (Å²) in [7, 11) is 7.25. The van der Waals surface area contributed by atoms with Crippen LogP contribution < -0.4 is 9.64 Å². The highest BCUT2D eigenvalue weighted by Crippen LogP contribution is 2.34. The van der Waals surface area contributed by atoms with E-state index in [2.05, 4.69) is 4.99 Å². The highest BCUT2D eigenvalue weighted by Gasteiger charge is 2.33. The predicted molar refractivity (Wildman–Crippen MR) is 120 cm³/mol. The van der Waals surface area contributed by atoms with Gasteiger partial charge in [-0.2, -0.15) is 0 Å². The Morgan fingerprint density at radius 3 is 2.34 bits per heavy atom. The molecule has 0 bridgehead atoms. The van der Waals surface area contributed by atoms with E-state index in [4.69, 9.17) is 9.47 Å². The van der Waals surface area contributed by atoms with E-state index in [1.165, 1.54) is 11.8 Å². The van der Waals surface area contributed by atoms with Gasteiger partial charge in [0.25, 0.3) is 5.91 Å². The van der Waals surface area contributed by atoms with Crippen molar-refractivity contribution in [2.45, 2.75) is 0 Å². The molecule has 1 heterocycles. The van der Waals surface area contributed by atoms with Gasteiger partial charge in [-0.25, -0.2) is 4.99 Å². The lowest BCUT2D eigenvalue weighted by Crippen LogP contribution is -2.32. The second-order valence-electron chi connectivity index (χ2n) is 6.64. The summed E-state index contributed by atoms with van der Waals surface area (Å²) in [5, 5.41) is 0.647. The fourth-order valence-electron chi connectivity index (χ4n) is 2.76. The number of nitrogens with zero attached hydrogens (tertiary/aromatic N) is 3. The second kappa shape index (κ2) is 9.62. The zero-order valence-electron chi connectivity index (χ0n) is 17.1. The van der Waals surface area contributed by atoms with E-state index in [1.54, 1.807) is 19.1 Å². The highest BCUT2D eigenvalue weighted by molar-refractivity contribution is 8.18. The first-order chi connectivity index (χ1) is 14.0. The van der Waals surface area contributed by atoms with Crippen molar-refractivity contribution in [2.75, 3.05) is 46.4 Å². The number of ether oxygens (including phenoxy) is 2. The lowest BCUT2D eigenvalue weighted by atomic mass is 10.2. The average Bonchev–Trinajstić information content (AvgIpc) is 3.01. The summed E-state index contributed by atoms with van der Waals surface area (Å²) >= 11 is 1.38. The lowest BCUT2D eigenvalue weighted by Gasteiger charge is -2.14. The monoisotopic (exact) mass is 411 g/mol. The molecule has 1 saturated heterocycles. The molecule has 0 N–H and O–H groups in total. The number of thioether (sulfide) groups is 1. The third-order valence-corrected chi connectivity index (χ3v) is 5.42. The van der Waals surface area contributed by atoms with Crippen LogP contribution in [0.4, 0.5) is 11.4 Å². The number of rotatable bonds is 7. The summed E-state index contributed by atoms with van der Waals surface area (Å²) in [4.78, 5) is 22.0. The summed E-state index contributed by atoms with van der Waals surface area (Å²) in [6, 6.07) is 15.5. The van der Waals surface area contributed by atoms with Crippen LogP contribution in [-0.4, -0.2) is 57.4 Å². The van der Waals surface area contributed by atoms with Crippen LogP contribution in [0.5, 0.6) is 5.75 Å². The molecular weight excluding hydrogens is 386 g/mol. The minimum Gasteiger partial charge on any atom is -0.497 e. The summed E-state index contributed by atoms with van der Waals surface area (Å²) in [6.07, 6.45) is 1.91. The Hall–Kier alpha value is -2.77. The first-order valence-electron chi connectivity index (χ1n) is 9.22. The van der Waals surface area contributed by atoms with Gasteiger partial charge in [0.2, 0.25) is 0 Å². The second-order valence-corrected chi connectivity index (χ2v) is 7.65. The van der Waals surface area contributed by atoms with Crippen molar-refractivity contribution in [1.82, 2.24) is 4.90 Å². The van der Waals surface area contributed by atoms with Crippen molar-refractivity contribution in [3.63, 3.8) is 0 Å². The minimum atomic E-state index is -0.0593. The molecule has 2 aromatic rings. The quantitative estimate of drug-likeness (QED) is 0.645. The van der Waals surface area contributed by atoms with Gasteiger partial charge in [0, 0.05) is 26.9 Å². The van der Waals surface area contributed by atoms with Gasteiger partial charge in [-0.05, 0) is 59.8 Å². The van der Waals surface area contributed by atoms with Gasteiger partial charge in [-0.3, -0.25) is 9.69 Å². The molecule has 29 heavy (non-hydrogen) atoms. The molecule has 1 aliphatic rings. The fourth-order valence-corrected chi connectivity index (χ4v) is 3.78. The van der Waals surface area contributed by atoms with Gasteiger partial charge in [0.05, 0.1) is 30.9 Å². The Balaban J connectivity index is 1.87. The van der Waals surface area contributed by atoms with Crippen molar-refractivity contribution in [1.29, 1.82) is 0 Å². The SMILES string of the molecule is COCCN1C(=O)/C(=C/c2ccc(N(C)C)cc2)SC1=Nc1ccc(OC)cc1. The Labute approximate surface area is 175 Å². The Kier molecular flexibility index (Phi) is 6.95. The average molecular weight is 412 g/mol. The van der Waals surface area contributed by atoms with E-state index in [0.717, 1.165) is 22.7 Å². The molecule has 6 nitrogen and oxygen atoms in total. The topological polar surface area (TPSA) is 54.4 Å². The number of amidine groups is 1. The number of carbonyl (C=O) groups is 1. The van der Waals surface area contributed by atoms with Gasteiger partial charge in [-0.15, -0.1) is 0 Å². The molecular formula is C22H25N3O3S. The maximum absolute atomic E-state index is 13.0. The van der Waals surface area contributed by atoms with Crippen LogP contribution in [0.15, 0.2) is 58.4 Å². The van der Waals surface area contributed by atoms with Crippen LogP contribution in [0.3, 0.4) is 0 Å². The molecule has 0 radical (unpaired) electrons. The zero-order valence-corrected chi connectivity index (χ0v) is 17.9. The molecule has 0 saturated carbocycles. The van der Waals surface area contributed by atoms with Gasteiger partial charge >= 0.3 is 0 Å². The third-order valence-electron chi connectivity index (χ3n) is 4.41. The number of amides is 1. The minimum absolute atomic E-state index is 0.0593. The van der Waals surface area contributed by atoms with Crippen molar-refractivity contribution in [3.05, 3.63) is 59.0 Å². The van der Waals surface area contributed by atoms with Crippen LogP contribution in [0.25, 0.3) is 6.08 Å². The van der Waals surface area contributed by atoms with Crippen LogP contribution in [0.2, 0.25) is 0 Å². The maximum atomic E-state index is 13.0. The zero-order chi connectivity index (χ0) is 20.8. The Morgan fingerprint density at radius 2 is 1.76 bits per heavy atom. The van der Waals surface area contributed by atoms with Crippen LogP contribution in [0, 0.1) is 0 Å². The molecule has 0 spiro atoms. The van der Waals surface area contributed by atoms with Crippen molar-refractivity contribution < 1.29 is 14.3 Å². The molecule has 3 rings (SSSR count). The van der Waals surface area contributed by atoms with Crippen molar-refractivity contribution >= 4 is 40.3 Å². The molecule has 152 valence electrons. The third kappa shape index (κ3) is 5.19. The van der Waals surface area contributed by atoms with Gasteiger partial charge in [-0.1, -0.05) is 12.1 Å². The van der Waals surface area contributed by atoms with Crippen molar-refractivity contribution in [3.8, 4) is 5.75 Å². The number of anilines is 1. The summed E-state index contributed by atoms with van der Waals surface area (Å²) in [5.41, 5.74) is 2.85. The first-order valence-corrected chi connectivity index (χ1v) is 10.0. The van der Waals surface area contributed by atoms with E-state index < -0.39 is 0 Å². The van der Waals surface area contributed by atoms with E-state index in [0.29, 0.717) is 23.2 Å². The molecule has 0 aliphatic carbocycles.